The Labute approximate surface area is 188 Å². The van der Waals surface area contributed by atoms with E-state index in [1.165, 1.54) is 5.56 Å². The van der Waals surface area contributed by atoms with Crippen LogP contribution in [0.2, 0.25) is 5.02 Å². The van der Waals surface area contributed by atoms with E-state index in [1.54, 1.807) is 18.0 Å². The number of halogens is 1. The molecule has 1 aliphatic rings. The molecule has 0 atom stereocenters. The average Bonchev–Trinajstić information content (AvgIpc) is 3.13. The molecule has 0 spiro atoms. The maximum atomic E-state index is 13.0. The molecule has 0 radical (unpaired) electrons. The number of hydrogen-bond donors (Lipinski definition) is 0. The molecule has 0 aliphatic carbocycles. The first-order chi connectivity index (χ1) is 15.1. The van der Waals surface area contributed by atoms with Crippen LogP contribution in [0.15, 0.2) is 60.9 Å². The largest absolute Gasteiger partial charge is 0.497 e. The molecule has 6 nitrogen and oxygen atoms in total. The van der Waals surface area contributed by atoms with E-state index in [1.807, 2.05) is 47.5 Å². The van der Waals surface area contributed by atoms with Crippen LogP contribution in [0.4, 0.5) is 0 Å². The van der Waals surface area contributed by atoms with Crippen molar-refractivity contribution in [1.82, 2.24) is 19.6 Å². The summed E-state index contributed by atoms with van der Waals surface area (Å²) < 4.78 is 7.00. The monoisotopic (exact) mass is 438 g/mol. The molecule has 1 saturated heterocycles. The van der Waals surface area contributed by atoms with Gasteiger partial charge in [-0.1, -0.05) is 41.9 Å². The highest BCUT2D eigenvalue weighted by molar-refractivity contribution is 6.31. The molecule has 162 valence electrons. The Morgan fingerprint density at radius 2 is 1.84 bits per heavy atom. The van der Waals surface area contributed by atoms with Gasteiger partial charge in [0.1, 0.15) is 5.75 Å². The van der Waals surface area contributed by atoms with Crippen molar-refractivity contribution in [2.45, 2.75) is 19.5 Å². The van der Waals surface area contributed by atoms with Crippen molar-refractivity contribution < 1.29 is 9.53 Å². The van der Waals surface area contributed by atoms with Gasteiger partial charge in [-0.15, -0.1) is 0 Å². The van der Waals surface area contributed by atoms with Crippen LogP contribution in [-0.2, 0) is 13.1 Å². The smallest absolute Gasteiger partial charge is 0.257 e. The minimum Gasteiger partial charge on any atom is -0.497 e. The van der Waals surface area contributed by atoms with Crippen molar-refractivity contribution in [3.05, 3.63) is 82.6 Å². The molecule has 4 rings (SSSR count). The fourth-order valence-corrected chi connectivity index (χ4v) is 4.06. The maximum absolute atomic E-state index is 13.0. The molecule has 0 saturated carbocycles. The summed E-state index contributed by atoms with van der Waals surface area (Å²) >= 11 is 6.24. The molecular formula is C24H27ClN4O2. The van der Waals surface area contributed by atoms with Gasteiger partial charge in [-0.25, -0.2) is 0 Å². The van der Waals surface area contributed by atoms with Crippen molar-refractivity contribution in [2.24, 2.45) is 0 Å². The summed E-state index contributed by atoms with van der Waals surface area (Å²) in [6.45, 7) is 4.72. The van der Waals surface area contributed by atoms with E-state index in [-0.39, 0.29) is 5.91 Å². The van der Waals surface area contributed by atoms with Crippen LogP contribution in [0.25, 0.3) is 0 Å². The van der Waals surface area contributed by atoms with Crippen molar-refractivity contribution in [2.75, 3.05) is 33.3 Å². The summed E-state index contributed by atoms with van der Waals surface area (Å²) in [5.74, 6) is 0.906. The second-order valence-corrected chi connectivity index (χ2v) is 8.20. The van der Waals surface area contributed by atoms with Gasteiger partial charge in [-0.2, -0.15) is 5.10 Å². The number of nitrogens with zero attached hydrogens (tertiary/aromatic N) is 4. The molecule has 0 N–H and O–H groups in total. The second-order valence-electron chi connectivity index (χ2n) is 7.79. The van der Waals surface area contributed by atoms with Crippen LogP contribution in [0.3, 0.4) is 0 Å². The number of carbonyl (C=O) groups is 1. The van der Waals surface area contributed by atoms with Gasteiger partial charge in [0.15, 0.2) is 0 Å². The summed E-state index contributed by atoms with van der Waals surface area (Å²) in [4.78, 5) is 17.4. The number of benzene rings is 2. The lowest BCUT2D eigenvalue weighted by atomic mass is 10.2. The third-order valence-electron chi connectivity index (χ3n) is 5.61. The van der Waals surface area contributed by atoms with E-state index >= 15 is 0 Å². The quantitative estimate of drug-likeness (QED) is 0.585. The number of aromatic nitrogens is 2. The third-order valence-corrected chi connectivity index (χ3v) is 5.98. The fourth-order valence-electron chi connectivity index (χ4n) is 3.87. The predicted molar refractivity (Wildman–Crippen MR) is 122 cm³/mol. The van der Waals surface area contributed by atoms with Crippen molar-refractivity contribution >= 4 is 17.5 Å². The molecule has 0 bridgehead atoms. The Morgan fingerprint density at radius 3 is 2.61 bits per heavy atom. The van der Waals surface area contributed by atoms with Gasteiger partial charge in [-0.05, 0) is 35.7 Å². The van der Waals surface area contributed by atoms with E-state index < -0.39 is 0 Å². The Kier molecular flexibility index (Phi) is 6.89. The summed E-state index contributed by atoms with van der Waals surface area (Å²) in [6, 6.07) is 15.9. The number of hydrogen-bond acceptors (Lipinski definition) is 4. The first-order valence-corrected chi connectivity index (χ1v) is 10.9. The van der Waals surface area contributed by atoms with Crippen LogP contribution in [0.1, 0.15) is 27.9 Å². The molecule has 31 heavy (non-hydrogen) atoms. The molecule has 1 amide bonds. The Morgan fingerprint density at radius 1 is 1.03 bits per heavy atom. The van der Waals surface area contributed by atoms with Gasteiger partial charge in [0.25, 0.3) is 5.91 Å². The second kappa shape index (κ2) is 9.98. The molecule has 7 heteroatoms. The Hall–Kier alpha value is -2.83. The van der Waals surface area contributed by atoms with Crippen molar-refractivity contribution in [3.63, 3.8) is 0 Å². The van der Waals surface area contributed by atoms with Crippen molar-refractivity contribution in [3.8, 4) is 5.75 Å². The SMILES string of the molecule is COc1ccc(CN2CCCN(C(=O)c3cnn(Cc4ccccc4Cl)c3)CC2)cc1. The summed E-state index contributed by atoms with van der Waals surface area (Å²) in [6.07, 6.45) is 4.42. The highest BCUT2D eigenvalue weighted by atomic mass is 35.5. The maximum Gasteiger partial charge on any atom is 0.257 e. The van der Waals surface area contributed by atoms with Gasteiger partial charge in [0.05, 0.1) is 25.4 Å². The third kappa shape index (κ3) is 5.46. The Bertz CT molecular complexity index is 1020. The molecule has 1 aromatic heterocycles. The Balaban J connectivity index is 1.34. The first-order valence-electron chi connectivity index (χ1n) is 10.5. The average molecular weight is 439 g/mol. The van der Waals surface area contributed by atoms with Gasteiger partial charge in [-0.3, -0.25) is 14.4 Å². The first kappa shape index (κ1) is 21.4. The van der Waals surface area contributed by atoms with Gasteiger partial charge < -0.3 is 9.64 Å². The zero-order valence-electron chi connectivity index (χ0n) is 17.7. The van der Waals surface area contributed by atoms with Crippen LogP contribution in [0.5, 0.6) is 5.75 Å². The predicted octanol–water partition coefficient (Wildman–Crippen LogP) is 3.94. The topological polar surface area (TPSA) is 50.6 Å². The molecule has 2 heterocycles. The van der Waals surface area contributed by atoms with Crippen molar-refractivity contribution in [1.29, 1.82) is 0 Å². The molecule has 3 aromatic rings. The summed E-state index contributed by atoms with van der Waals surface area (Å²) in [5.41, 5.74) is 2.85. The molecule has 1 aliphatic heterocycles. The number of ether oxygens (including phenoxy) is 1. The lowest BCUT2D eigenvalue weighted by molar-refractivity contribution is 0.0761. The summed E-state index contributed by atoms with van der Waals surface area (Å²) in [7, 11) is 1.68. The number of methoxy groups -OCH3 is 1. The fraction of sp³-hybridized carbons (Fsp3) is 0.333. The zero-order chi connectivity index (χ0) is 21.6. The molecular weight excluding hydrogens is 412 g/mol. The highest BCUT2D eigenvalue weighted by Gasteiger charge is 2.21. The molecule has 2 aromatic carbocycles. The lowest BCUT2D eigenvalue weighted by Gasteiger charge is -2.21. The standard InChI is InChI=1S/C24H27ClN4O2/c1-31-22-9-7-19(8-10-22)16-27-11-4-12-28(14-13-27)24(30)21-15-26-29(18-21)17-20-5-2-3-6-23(20)25/h2-3,5-10,15,18H,4,11-14,16-17H2,1H3. The normalized spacial score (nSPS) is 15.0. The minimum absolute atomic E-state index is 0.0386. The van der Waals surface area contributed by atoms with E-state index in [9.17, 15) is 4.79 Å². The number of carbonyl (C=O) groups excluding carboxylic acids is 1. The van der Waals surface area contributed by atoms with Crippen LogP contribution in [0, 0.1) is 0 Å². The minimum atomic E-state index is 0.0386. The number of amides is 1. The number of rotatable bonds is 6. The van der Waals surface area contributed by atoms with Gasteiger partial charge in [0, 0.05) is 43.9 Å². The molecule has 1 fully saturated rings. The highest BCUT2D eigenvalue weighted by Crippen LogP contribution is 2.17. The van der Waals surface area contributed by atoms with Crippen LogP contribution >= 0.6 is 11.6 Å². The van der Waals surface area contributed by atoms with E-state index in [0.29, 0.717) is 23.7 Å². The summed E-state index contributed by atoms with van der Waals surface area (Å²) in [5, 5.41) is 5.07. The zero-order valence-corrected chi connectivity index (χ0v) is 18.5. The van der Waals surface area contributed by atoms with Gasteiger partial charge >= 0.3 is 0 Å². The van der Waals surface area contributed by atoms with E-state index in [0.717, 1.165) is 43.9 Å². The lowest BCUT2D eigenvalue weighted by Crippen LogP contribution is -2.35. The van der Waals surface area contributed by atoms with E-state index in [4.69, 9.17) is 16.3 Å². The van der Waals surface area contributed by atoms with Crippen LogP contribution in [-0.4, -0.2) is 58.8 Å². The van der Waals surface area contributed by atoms with Gasteiger partial charge in [0.2, 0.25) is 0 Å². The molecule has 0 unspecified atom stereocenters. The van der Waals surface area contributed by atoms with Crippen LogP contribution < -0.4 is 4.74 Å². The van der Waals surface area contributed by atoms with E-state index in [2.05, 4.69) is 22.1 Å².